The van der Waals surface area contributed by atoms with Crippen LogP contribution in [0.1, 0.15) is 16.8 Å². The number of carbonyl (C=O) groups is 3. The van der Waals surface area contributed by atoms with E-state index in [-0.39, 0.29) is 60.7 Å². The fourth-order valence-corrected chi connectivity index (χ4v) is 6.95. The lowest BCUT2D eigenvalue weighted by atomic mass is 10.1. The molecule has 0 saturated carbocycles. The molecule has 2 fully saturated rings. The summed E-state index contributed by atoms with van der Waals surface area (Å²) >= 11 is 7.16. The second-order valence-corrected chi connectivity index (χ2v) is 11.2. The molecule has 2 aliphatic heterocycles. The highest BCUT2D eigenvalue weighted by Crippen LogP contribution is 2.32. The van der Waals surface area contributed by atoms with Gasteiger partial charge >= 0.3 is 5.97 Å². The van der Waals surface area contributed by atoms with Crippen LogP contribution >= 0.6 is 22.9 Å². The molecule has 0 radical (unpaired) electrons. The molecule has 2 aliphatic rings. The molecule has 0 aliphatic carbocycles. The second kappa shape index (κ2) is 9.41. The van der Waals surface area contributed by atoms with Gasteiger partial charge in [-0.25, -0.2) is 13.2 Å². The van der Waals surface area contributed by atoms with Crippen LogP contribution in [0.25, 0.3) is 0 Å². The number of esters is 1. The van der Waals surface area contributed by atoms with Gasteiger partial charge in [0.05, 0.1) is 29.3 Å². The van der Waals surface area contributed by atoms with Gasteiger partial charge in [-0.05, 0) is 18.2 Å². The van der Waals surface area contributed by atoms with E-state index in [0.29, 0.717) is 10.7 Å². The minimum atomic E-state index is -3.78. The maximum atomic E-state index is 13.0. The highest BCUT2D eigenvalue weighted by molar-refractivity contribution is 7.91. The zero-order valence-corrected chi connectivity index (χ0v) is 20.2. The summed E-state index contributed by atoms with van der Waals surface area (Å²) in [6, 6.07) is 8.30. The molecule has 1 aromatic heterocycles. The molecule has 3 heterocycles. The Bertz CT molecular complexity index is 1190. The standard InChI is InChI=1S/C21H22ClN3O6S2/c1-31-21(28)15-11-19(32-13-15)33(29,30)24-8-6-23(7-9-24)20(27)14-10-18(26)25(12-14)17-5-3-2-4-16(17)22/h2-5,11,13-14H,6-10,12H2,1H3/t14-/m0/s1. The third kappa shape index (κ3) is 4.63. The number of halogens is 1. The smallest absolute Gasteiger partial charge is 0.338 e. The normalized spacial score (nSPS) is 19.7. The van der Waals surface area contributed by atoms with Crippen LogP contribution in [0.5, 0.6) is 0 Å². The lowest BCUT2D eigenvalue weighted by molar-refractivity contribution is -0.136. The summed E-state index contributed by atoms with van der Waals surface area (Å²) in [5.74, 6) is -1.43. The summed E-state index contributed by atoms with van der Waals surface area (Å²) in [5, 5.41) is 1.89. The van der Waals surface area contributed by atoms with E-state index in [2.05, 4.69) is 4.74 Å². The molecule has 2 amide bonds. The molecule has 1 atom stereocenters. The SMILES string of the molecule is COC(=O)c1csc(S(=O)(=O)N2CCN(C(=O)[C@H]3CC(=O)N(c4ccccc4Cl)C3)CC2)c1. The highest BCUT2D eigenvalue weighted by atomic mass is 35.5. The van der Waals surface area contributed by atoms with Gasteiger partial charge in [-0.2, -0.15) is 4.31 Å². The number of carbonyl (C=O) groups excluding carboxylic acids is 3. The van der Waals surface area contributed by atoms with Gasteiger partial charge in [-0.1, -0.05) is 23.7 Å². The van der Waals surface area contributed by atoms with Gasteiger partial charge in [0, 0.05) is 44.5 Å². The number of rotatable bonds is 5. The molecule has 1 aromatic carbocycles. The number of hydrogen-bond acceptors (Lipinski definition) is 7. The number of piperazine rings is 1. The number of benzene rings is 1. The zero-order valence-electron chi connectivity index (χ0n) is 17.8. The van der Waals surface area contributed by atoms with E-state index in [1.165, 1.54) is 27.8 Å². The van der Waals surface area contributed by atoms with Crippen molar-refractivity contribution in [1.29, 1.82) is 0 Å². The van der Waals surface area contributed by atoms with Gasteiger partial charge in [0.25, 0.3) is 10.0 Å². The third-order valence-electron chi connectivity index (χ3n) is 5.76. The van der Waals surface area contributed by atoms with E-state index in [4.69, 9.17) is 11.6 Å². The molecule has 0 unspecified atom stereocenters. The molecule has 4 rings (SSSR count). The number of para-hydroxylation sites is 1. The number of ether oxygens (including phenoxy) is 1. The zero-order chi connectivity index (χ0) is 23.8. The van der Waals surface area contributed by atoms with Gasteiger partial charge < -0.3 is 14.5 Å². The van der Waals surface area contributed by atoms with Gasteiger partial charge in [0.2, 0.25) is 11.8 Å². The Morgan fingerprint density at radius 3 is 2.52 bits per heavy atom. The predicted molar refractivity (Wildman–Crippen MR) is 123 cm³/mol. The van der Waals surface area contributed by atoms with Crippen molar-refractivity contribution >= 4 is 56.4 Å². The Hall–Kier alpha value is -2.47. The van der Waals surface area contributed by atoms with Crippen LogP contribution in [0, 0.1) is 5.92 Å². The quantitative estimate of drug-likeness (QED) is 0.569. The van der Waals surface area contributed by atoms with Crippen LogP contribution in [-0.4, -0.2) is 75.2 Å². The van der Waals surface area contributed by atoms with E-state index in [1.807, 2.05) is 0 Å². The molecule has 2 aromatic rings. The number of anilines is 1. The fraction of sp³-hybridized carbons (Fsp3) is 0.381. The minimum Gasteiger partial charge on any atom is -0.465 e. The van der Waals surface area contributed by atoms with E-state index >= 15 is 0 Å². The number of nitrogens with zero attached hydrogens (tertiary/aromatic N) is 3. The molecular weight excluding hydrogens is 490 g/mol. The molecule has 0 spiro atoms. The largest absolute Gasteiger partial charge is 0.465 e. The summed E-state index contributed by atoms with van der Waals surface area (Å²) in [7, 11) is -2.55. The first-order valence-corrected chi connectivity index (χ1v) is 12.9. The summed E-state index contributed by atoms with van der Waals surface area (Å²) in [6.45, 7) is 0.961. The first kappa shape index (κ1) is 23.7. The Morgan fingerprint density at radius 2 is 1.85 bits per heavy atom. The number of hydrogen-bond donors (Lipinski definition) is 0. The Labute approximate surface area is 200 Å². The molecule has 0 N–H and O–H groups in total. The van der Waals surface area contributed by atoms with Crippen molar-refractivity contribution in [3.63, 3.8) is 0 Å². The monoisotopic (exact) mass is 511 g/mol. The summed E-state index contributed by atoms with van der Waals surface area (Å²) in [4.78, 5) is 40.3. The van der Waals surface area contributed by atoms with E-state index < -0.39 is 21.9 Å². The van der Waals surface area contributed by atoms with Crippen LogP contribution in [0.15, 0.2) is 39.9 Å². The average Bonchev–Trinajstić information content (AvgIpc) is 3.46. The minimum absolute atomic E-state index is 0.0550. The summed E-state index contributed by atoms with van der Waals surface area (Å²) in [5.41, 5.74) is 0.765. The number of methoxy groups -OCH3 is 1. The van der Waals surface area contributed by atoms with Gasteiger partial charge in [0.1, 0.15) is 4.21 Å². The number of sulfonamides is 1. The molecule has 0 bridgehead atoms. The Morgan fingerprint density at radius 1 is 1.15 bits per heavy atom. The molecule has 9 nitrogen and oxygen atoms in total. The maximum absolute atomic E-state index is 13.0. The van der Waals surface area contributed by atoms with Crippen molar-refractivity contribution in [2.24, 2.45) is 5.92 Å². The molecule has 33 heavy (non-hydrogen) atoms. The van der Waals surface area contributed by atoms with Crippen LogP contribution in [0.2, 0.25) is 5.02 Å². The first-order valence-electron chi connectivity index (χ1n) is 10.2. The topological polar surface area (TPSA) is 104 Å². The van der Waals surface area contributed by atoms with Crippen molar-refractivity contribution in [1.82, 2.24) is 9.21 Å². The molecular formula is C21H22ClN3O6S2. The molecule has 2 saturated heterocycles. The predicted octanol–water partition coefficient (Wildman–Crippen LogP) is 2.07. The van der Waals surface area contributed by atoms with Crippen LogP contribution in [-0.2, 0) is 24.3 Å². The van der Waals surface area contributed by atoms with E-state index in [9.17, 15) is 22.8 Å². The average molecular weight is 512 g/mol. The van der Waals surface area contributed by atoms with Gasteiger partial charge in [-0.15, -0.1) is 11.3 Å². The van der Waals surface area contributed by atoms with Crippen molar-refractivity contribution < 1.29 is 27.5 Å². The van der Waals surface area contributed by atoms with Crippen molar-refractivity contribution in [2.45, 2.75) is 10.6 Å². The highest BCUT2D eigenvalue weighted by Gasteiger charge is 2.39. The third-order valence-corrected chi connectivity index (χ3v) is 9.39. The van der Waals surface area contributed by atoms with Crippen molar-refractivity contribution in [3.8, 4) is 0 Å². The summed E-state index contributed by atoms with van der Waals surface area (Å²) < 4.78 is 31.9. The van der Waals surface area contributed by atoms with Crippen molar-refractivity contribution in [3.05, 3.63) is 46.3 Å². The Balaban J connectivity index is 1.38. The first-order chi connectivity index (χ1) is 15.7. The van der Waals surface area contributed by atoms with Crippen LogP contribution in [0.3, 0.4) is 0 Å². The Kier molecular flexibility index (Phi) is 6.76. The lowest BCUT2D eigenvalue weighted by Crippen LogP contribution is -2.52. The van der Waals surface area contributed by atoms with E-state index in [0.717, 1.165) is 11.3 Å². The number of thiophene rings is 1. The lowest BCUT2D eigenvalue weighted by Gasteiger charge is -2.35. The van der Waals surface area contributed by atoms with Crippen molar-refractivity contribution in [2.75, 3.05) is 44.7 Å². The molecule has 176 valence electrons. The van der Waals surface area contributed by atoms with Gasteiger partial charge in [-0.3, -0.25) is 9.59 Å². The number of amides is 2. The second-order valence-electron chi connectivity index (χ2n) is 7.73. The van der Waals surface area contributed by atoms with Crippen LogP contribution in [0.4, 0.5) is 5.69 Å². The summed E-state index contributed by atoms with van der Waals surface area (Å²) in [6.07, 6.45) is 0.0913. The fourth-order valence-electron chi connectivity index (χ4n) is 3.99. The van der Waals surface area contributed by atoms with Gasteiger partial charge in [0.15, 0.2) is 0 Å². The van der Waals surface area contributed by atoms with Crippen LogP contribution < -0.4 is 4.90 Å². The molecule has 12 heteroatoms. The van der Waals surface area contributed by atoms with E-state index in [1.54, 1.807) is 29.2 Å². The maximum Gasteiger partial charge on any atom is 0.338 e.